The van der Waals surface area contributed by atoms with E-state index in [1.165, 1.54) is 23.1 Å². The van der Waals surface area contributed by atoms with E-state index in [0.29, 0.717) is 11.3 Å². The van der Waals surface area contributed by atoms with Gasteiger partial charge in [0, 0.05) is 43.4 Å². The smallest absolute Gasteiger partial charge is 0.334 e. The van der Waals surface area contributed by atoms with Crippen molar-refractivity contribution in [2.75, 3.05) is 36.5 Å². The van der Waals surface area contributed by atoms with Crippen LogP contribution < -0.4 is 10.6 Å². The second kappa shape index (κ2) is 10.0. The Morgan fingerprint density at radius 1 is 1.03 bits per heavy atom. The number of nitrogens with one attached hydrogen (secondary N) is 2. The lowest BCUT2D eigenvalue weighted by atomic mass is 10.1. The van der Waals surface area contributed by atoms with Crippen LogP contribution in [-0.2, 0) is 19.1 Å². The van der Waals surface area contributed by atoms with Gasteiger partial charge in [0.15, 0.2) is 0 Å². The molecule has 0 unspecified atom stereocenters. The Morgan fingerprint density at radius 2 is 1.76 bits per heavy atom. The van der Waals surface area contributed by atoms with Crippen LogP contribution in [-0.4, -0.2) is 42.1 Å². The second-order valence-electron chi connectivity index (χ2n) is 6.91. The molecule has 2 aromatic rings. The zero-order valence-corrected chi connectivity index (χ0v) is 16.8. The Morgan fingerprint density at radius 3 is 2.45 bits per heavy atom. The molecule has 2 aromatic carbocycles. The number of alkyl halides is 3. The SMILES string of the molecule is O=C(NCc1cccc(C(F)(F)F)c1)Nc1ccc(CCN2CCSCC2)cc1. The molecule has 0 aliphatic carbocycles. The van der Waals surface area contributed by atoms with Crippen molar-refractivity contribution in [3.63, 3.8) is 0 Å². The van der Waals surface area contributed by atoms with Crippen LogP contribution in [0.5, 0.6) is 0 Å². The van der Waals surface area contributed by atoms with Crippen molar-refractivity contribution in [1.82, 2.24) is 10.2 Å². The van der Waals surface area contributed by atoms with E-state index >= 15 is 0 Å². The number of carbonyl (C=O) groups is 1. The highest BCUT2D eigenvalue weighted by atomic mass is 32.2. The normalized spacial score (nSPS) is 15.1. The van der Waals surface area contributed by atoms with Gasteiger partial charge >= 0.3 is 12.2 Å². The fourth-order valence-electron chi connectivity index (χ4n) is 3.08. The maximum Gasteiger partial charge on any atom is 0.416 e. The van der Waals surface area contributed by atoms with Gasteiger partial charge in [-0.2, -0.15) is 24.9 Å². The summed E-state index contributed by atoms with van der Waals surface area (Å²) in [4.78, 5) is 14.5. The van der Waals surface area contributed by atoms with Gasteiger partial charge < -0.3 is 15.5 Å². The number of hydrogen-bond donors (Lipinski definition) is 2. The van der Waals surface area contributed by atoms with Gasteiger partial charge in [-0.15, -0.1) is 0 Å². The Labute approximate surface area is 172 Å². The predicted octanol–water partition coefficient (Wildman–Crippen LogP) is 4.62. The lowest BCUT2D eigenvalue weighted by Crippen LogP contribution is -2.34. The summed E-state index contributed by atoms with van der Waals surface area (Å²) in [6.07, 6.45) is -3.43. The molecule has 1 heterocycles. The van der Waals surface area contributed by atoms with Gasteiger partial charge in [-0.3, -0.25) is 0 Å². The molecule has 0 radical (unpaired) electrons. The van der Waals surface area contributed by atoms with E-state index in [4.69, 9.17) is 0 Å². The summed E-state index contributed by atoms with van der Waals surface area (Å²) in [5.41, 5.74) is 1.51. The van der Waals surface area contributed by atoms with E-state index in [-0.39, 0.29) is 6.54 Å². The number of halogens is 3. The molecule has 29 heavy (non-hydrogen) atoms. The lowest BCUT2D eigenvalue weighted by Gasteiger charge is -2.26. The minimum Gasteiger partial charge on any atom is -0.334 e. The Bertz CT molecular complexity index is 806. The van der Waals surface area contributed by atoms with Crippen molar-refractivity contribution in [3.8, 4) is 0 Å². The first kappa shape index (κ1) is 21.5. The molecule has 0 atom stereocenters. The van der Waals surface area contributed by atoms with Gasteiger partial charge in [0.2, 0.25) is 0 Å². The Balaban J connectivity index is 1.44. The zero-order chi connectivity index (χ0) is 20.7. The third kappa shape index (κ3) is 6.97. The average molecular weight is 424 g/mol. The van der Waals surface area contributed by atoms with Crippen LogP contribution in [0.2, 0.25) is 0 Å². The summed E-state index contributed by atoms with van der Waals surface area (Å²) >= 11 is 1.99. The molecular formula is C21H24F3N3OS. The van der Waals surface area contributed by atoms with Crippen molar-refractivity contribution in [2.45, 2.75) is 19.1 Å². The zero-order valence-electron chi connectivity index (χ0n) is 16.0. The van der Waals surface area contributed by atoms with Crippen molar-refractivity contribution in [2.24, 2.45) is 0 Å². The monoisotopic (exact) mass is 423 g/mol. The minimum atomic E-state index is -4.40. The van der Waals surface area contributed by atoms with Crippen molar-refractivity contribution in [3.05, 3.63) is 65.2 Å². The van der Waals surface area contributed by atoms with Gasteiger partial charge in [0.05, 0.1) is 5.56 Å². The highest BCUT2D eigenvalue weighted by Crippen LogP contribution is 2.29. The molecule has 0 bridgehead atoms. The number of amides is 2. The molecule has 2 N–H and O–H groups in total. The molecule has 1 fully saturated rings. The number of urea groups is 1. The molecule has 156 valence electrons. The standard InChI is InChI=1S/C21H24F3N3OS/c22-21(23,24)18-3-1-2-17(14-18)15-25-20(28)26-19-6-4-16(5-7-19)8-9-27-10-12-29-13-11-27/h1-7,14H,8-13,15H2,(H2,25,26,28). The predicted molar refractivity (Wildman–Crippen MR) is 111 cm³/mol. The van der Waals surface area contributed by atoms with Crippen LogP contribution in [0.3, 0.4) is 0 Å². The van der Waals surface area contributed by atoms with Crippen LogP contribution in [0, 0.1) is 0 Å². The van der Waals surface area contributed by atoms with E-state index in [2.05, 4.69) is 15.5 Å². The highest BCUT2D eigenvalue weighted by molar-refractivity contribution is 7.99. The first-order chi connectivity index (χ1) is 13.9. The fourth-order valence-corrected chi connectivity index (χ4v) is 4.06. The quantitative estimate of drug-likeness (QED) is 0.713. The van der Waals surface area contributed by atoms with Crippen LogP contribution in [0.4, 0.5) is 23.7 Å². The van der Waals surface area contributed by atoms with E-state index in [1.54, 1.807) is 6.07 Å². The number of carbonyl (C=O) groups excluding carboxylic acids is 1. The summed E-state index contributed by atoms with van der Waals surface area (Å²) in [7, 11) is 0. The molecule has 2 amide bonds. The summed E-state index contributed by atoms with van der Waals surface area (Å²) in [5.74, 6) is 2.39. The molecule has 1 saturated heterocycles. The largest absolute Gasteiger partial charge is 0.416 e. The second-order valence-corrected chi connectivity index (χ2v) is 8.13. The maximum atomic E-state index is 12.7. The third-order valence-corrected chi connectivity index (χ3v) is 5.68. The van der Waals surface area contributed by atoms with Gasteiger partial charge in [-0.25, -0.2) is 4.79 Å². The summed E-state index contributed by atoms with van der Waals surface area (Å²) in [5, 5.41) is 5.29. The molecule has 3 rings (SSSR count). The van der Waals surface area contributed by atoms with E-state index in [0.717, 1.165) is 38.2 Å². The summed E-state index contributed by atoms with van der Waals surface area (Å²) in [6, 6.07) is 12.1. The van der Waals surface area contributed by atoms with Gasteiger partial charge in [0.25, 0.3) is 0 Å². The molecule has 1 aliphatic rings. The first-order valence-corrected chi connectivity index (χ1v) is 10.7. The molecule has 0 saturated carbocycles. The van der Waals surface area contributed by atoms with Gasteiger partial charge in [0.1, 0.15) is 0 Å². The molecule has 0 spiro atoms. The van der Waals surface area contributed by atoms with Gasteiger partial charge in [-0.05, 0) is 41.8 Å². The molecule has 4 nitrogen and oxygen atoms in total. The fraction of sp³-hybridized carbons (Fsp3) is 0.381. The van der Waals surface area contributed by atoms with E-state index in [9.17, 15) is 18.0 Å². The van der Waals surface area contributed by atoms with Crippen LogP contribution >= 0.6 is 11.8 Å². The first-order valence-electron chi connectivity index (χ1n) is 9.50. The van der Waals surface area contributed by atoms with Crippen LogP contribution in [0.1, 0.15) is 16.7 Å². The molecule has 1 aliphatic heterocycles. The number of benzene rings is 2. The molecule has 0 aromatic heterocycles. The van der Waals surface area contributed by atoms with Crippen molar-refractivity contribution < 1.29 is 18.0 Å². The number of anilines is 1. The third-order valence-electron chi connectivity index (χ3n) is 4.74. The van der Waals surface area contributed by atoms with E-state index in [1.807, 2.05) is 36.0 Å². The lowest BCUT2D eigenvalue weighted by molar-refractivity contribution is -0.137. The molecular weight excluding hydrogens is 399 g/mol. The topological polar surface area (TPSA) is 44.4 Å². The van der Waals surface area contributed by atoms with Gasteiger partial charge in [-0.1, -0.05) is 24.3 Å². The van der Waals surface area contributed by atoms with E-state index < -0.39 is 17.8 Å². The number of thioether (sulfide) groups is 1. The van der Waals surface area contributed by atoms with Crippen molar-refractivity contribution >= 4 is 23.5 Å². The number of nitrogens with zero attached hydrogens (tertiary/aromatic N) is 1. The Kier molecular flexibility index (Phi) is 7.44. The minimum absolute atomic E-state index is 0.0158. The summed E-state index contributed by atoms with van der Waals surface area (Å²) < 4.78 is 38.2. The number of rotatable bonds is 6. The average Bonchev–Trinajstić information content (AvgIpc) is 2.72. The van der Waals surface area contributed by atoms with Crippen LogP contribution in [0.15, 0.2) is 48.5 Å². The Hall–Kier alpha value is -2.19. The number of hydrogen-bond acceptors (Lipinski definition) is 3. The maximum absolute atomic E-state index is 12.7. The highest BCUT2D eigenvalue weighted by Gasteiger charge is 2.30. The summed E-state index contributed by atoms with van der Waals surface area (Å²) in [6.45, 7) is 3.32. The molecule has 8 heteroatoms. The van der Waals surface area contributed by atoms with Crippen LogP contribution in [0.25, 0.3) is 0 Å². The van der Waals surface area contributed by atoms with Crippen molar-refractivity contribution in [1.29, 1.82) is 0 Å².